The molecule has 0 radical (unpaired) electrons. The number of thiocarbonyl (C=S) groups is 1. The normalized spacial score (nSPS) is 9.89. The van der Waals surface area contributed by atoms with Crippen LogP contribution in [0.3, 0.4) is 0 Å². The van der Waals surface area contributed by atoms with E-state index in [1.807, 2.05) is 24.3 Å². The van der Waals surface area contributed by atoms with Crippen LogP contribution in [0.2, 0.25) is 0 Å². The van der Waals surface area contributed by atoms with E-state index < -0.39 is 0 Å². The average molecular weight is 372 g/mol. The van der Waals surface area contributed by atoms with Gasteiger partial charge < -0.3 is 10.6 Å². The lowest BCUT2D eigenvalue weighted by atomic mass is 10.3. The molecule has 0 aromatic heterocycles. The Balaban J connectivity index is 2.03. The number of nitrogens with one attached hydrogen (secondary N) is 2. The van der Waals surface area contributed by atoms with E-state index >= 15 is 0 Å². The number of benzene rings is 2. The highest BCUT2D eigenvalue weighted by molar-refractivity contribution is 14.1. The molecule has 5 heteroatoms. The summed E-state index contributed by atoms with van der Waals surface area (Å²) in [6.45, 7) is 0. The number of hydrogen-bond donors (Lipinski definition) is 2. The first-order chi connectivity index (χ1) is 8.65. The molecule has 0 unspecified atom stereocenters. The minimum Gasteiger partial charge on any atom is -0.332 e. The van der Waals surface area contributed by atoms with Crippen LogP contribution in [0.4, 0.5) is 15.8 Å². The van der Waals surface area contributed by atoms with Gasteiger partial charge in [0, 0.05) is 9.26 Å². The number of anilines is 2. The number of hydrogen-bond acceptors (Lipinski definition) is 1. The monoisotopic (exact) mass is 372 g/mol. The Morgan fingerprint density at radius 3 is 2.56 bits per heavy atom. The van der Waals surface area contributed by atoms with Crippen LogP contribution in [0.5, 0.6) is 0 Å². The third kappa shape index (κ3) is 3.64. The SMILES string of the molecule is Fc1cccc(NC(=S)Nc2ccccc2I)c1. The first-order valence-electron chi connectivity index (χ1n) is 5.23. The fourth-order valence-corrected chi connectivity index (χ4v) is 2.16. The Labute approximate surface area is 124 Å². The molecule has 0 heterocycles. The second-order valence-electron chi connectivity index (χ2n) is 3.57. The molecule has 0 amide bonds. The van der Waals surface area contributed by atoms with E-state index in [4.69, 9.17) is 12.2 Å². The minimum absolute atomic E-state index is 0.294. The van der Waals surface area contributed by atoms with E-state index in [9.17, 15) is 4.39 Å². The van der Waals surface area contributed by atoms with E-state index in [-0.39, 0.29) is 5.82 Å². The summed E-state index contributed by atoms with van der Waals surface area (Å²) in [5.74, 6) is -0.294. The van der Waals surface area contributed by atoms with Crippen molar-refractivity contribution in [2.75, 3.05) is 10.6 Å². The van der Waals surface area contributed by atoms with E-state index in [0.717, 1.165) is 9.26 Å². The van der Waals surface area contributed by atoms with Crippen molar-refractivity contribution >= 4 is 51.3 Å². The third-order valence-corrected chi connectivity index (χ3v) is 3.35. The largest absolute Gasteiger partial charge is 0.332 e. The van der Waals surface area contributed by atoms with Crippen molar-refractivity contribution in [2.45, 2.75) is 0 Å². The van der Waals surface area contributed by atoms with Crippen LogP contribution < -0.4 is 10.6 Å². The third-order valence-electron chi connectivity index (χ3n) is 2.20. The topological polar surface area (TPSA) is 24.1 Å². The summed E-state index contributed by atoms with van der Waals surface area (Å²) in [5, 5.41) is 6.44. The maximum absolute atomic E-state index is 13.0. The van der Waals surface area contributed by atoms with Gasteiger partial charge in [0.1, 0.15) is 5.82 Å². The second-order valence-corrected chi connectivity index (χ2v) is 5.14. The van der Waals surface area contributed by atoms with Crippen LogP contribution in [0, 0.1) is 9.39 Å². The molecule has 0 atom stereocenters. The molecule has 0 aliphatic heterocycles. The zero-order valence-corrected chi connectivity index (χ0v) is 12.3. The Morgan fingerprint density at radius 2 is 1.83 bits per heavy atom. The van der Waals surface area contributed by atoms with Gasteiger partial charge in [-0.3, -0.25) is 0 Å². The van der Waals surface area contributed by atoms with Gasteiger partial charge in [-0.05, 0) is 65.1 Å². The molecule has 2 N–H and O–H groups in total. The highest BCUT2D eigenvalue weighted by Crippen LogP contribution is 2.17. The lowest BCUT2D eigenvalue weighted by Gasteiger charge is -2.11. The van der Waals surface area contributed by atoms with Crippen LogP contribution in [0.15, 0.2) is 48.5 Å². The lowest BCUT2D eigenvalue weighted by molar-refractivity contribution is 0.628. The average Bonchev–Trinajstić information content (AvgIpc) is 2.32. The first kappa shape index (κ1) is 13.2. The maximum atomic E-state index is 13.0. The van der Waals surface area contributed by atoms with E-state index in [0.29, 0.717) is 10.8 Å². The molecular formula is C13H10FIN2S. The minimum atomic E-state index is -0.294. The van der Waals surface area contributed by atoms with Gasteiger partial charge in [0.15, 0.2) is 5.11 Å². The summed E-state index contributed by atoms with van der Waals surface area (Å²) >= 11 is 7.39. The Kier molecular flexibility index (Phi) is 4.48. The van der Waals surface area contributed by atoms with Gasteiger partial charge in [0.05, 0.1) is 5.69 Å². The van der Waals surface area contributed by atoms with Crippen LogP contribution in [-0.4, -0.2) is 5.11 Å². The van der Waals surface area contributed by atoms with Gasteiger partial charge in [0.2, 0.25) is 0 Å². The van der Waals surface area contributed by atoms with Crippen LogP contribution >= 0.6 is 34.8 Å². The lowest BCUT2D eigenvalue weighted by Crippen LogP contribution is -2.19. The highest BCUT2D eigenvalue weighted by atomic mass is 127. The molecule has 0 bridgehead atoms. The predicted molar refractivity (Wildman–Crippen MR) is 85.4 cm³/mol. The quantitative estimate of drug-likeness (QED) is 0.609. The molecule has 0 saturated carbocycles. The van der Waals surface area contributed by atoms with Gasteiger partial charge >= 0.3 is 0 Å². The zero-order valence-electron chi connectivity index (χ0n) is 9.28. The summed E-state index contributed by atoms with van der Waals surface area (Å²) in [7, 11) is 0. The van der Waals surface area contributed by atoms with Crippen LogP contribution in [0.1, 0.15) is 0 Å². The van der Waals surface area contributed by atoms with Crippen molar-refractivity contribution in [1.82, 2.24) is 0 Å². The van der Waals surface area contributed by atoms with Gasteiger partial charge in [0.25, 0.3) is 0 Å². The molecule has 0 saturated heterocycles. The Morgan fingerprint density at radius 1 is 1.06 bits per heavy atom. The van der Waals surface area contributed by atoms with Crippen molar-refractivity contribution in [3.05, 3.63) is 57.9 Å². The van der Waals surface area contributed by atoms with Crippen molar-refractivity contribution in [2.24, 2.45) is 0 Å². The standard InChI is InChI=1S/C13H10FIN2S/c14-9-4-3-5-10(8-9)16-13(18)17-12-7-2-1-6-11(12)15/h1-8H,(H2,16,17,18). The van der Waals surface area contributed by atoms with Gasteiger partial charge in [-0.15, -0.1) is 0 Å². The molecule has 18 heavy (non-hydrogen) atoms. The maximum Gasteiger partial charge on any atom is 0.175 e. The van der Waals surface area contributed by atoms with Gasteiger partial charge in [-0.2, -0.15) is 0 Å². The fourth-order valence-electron chi connectivity index (χ4n) is 1.41. The van der Waals surface area contributed by atoms with Crippen LogP contribution in [0.25, 0.3) is 0 Å². The number of rotatable bonds is 2. The number of para-hydroxylation sites is 1. The molecular weight excluding hydrogens is 362 g/mol. The molecule has 2 aromatic carbocycles. The zero-order chi connectivity index (χ0) is 13.0. The van der Waals surface area contributed by atoms with Gasteiger partial charge in [-0.1, -0.05) is 18.2 Å². The van der Waals surface area contributed by atoms with Crippen molar-refractivity contribution < 1.29 is 4.39 Å². The van der Waals surface area contributed by atoms with Crippen molar-refractivity contribution in [3.8, 4) is 0 Å². The summed E-state index contributed by atoms with van der Waals surface area (Å²) in [4.78, 5) is 0. The summed E-state index contributed by atoms with van der Waals surface area (Å²) in [6, 6.07) is 14.0. The molecule has 92 valence electrons. The van der Waals surface area contributed by atoms with Crippen molar-refractivity contribution in [3.63, 3.8) is 0 Å². The van der Waals surface area contributed by atoms with E-state index in [1.54, 1.807) is 12.1 Å². The Bertz CT molecular complexity index is 574. The summed E-state index contributed by atoms with van der Waals surface area (Å²) < 4.78 is 14.1. The Hall–Kier alpha value is -1.21. The molecule has 0 aliphatic carbocycles. The molecule has 0 fully saturated rings. The molecule has 0 spiro atoms. The van der Waals surface area contributed by atoms with E-state index in [1.165, 1.54) is 12.1 Å². The summed E-state index contributed by atoms with van der Waals surface area (Å²) in [5.41, 5.74) is 1.55. The van der Waals surface area contributed by atoms with Crippen molar-refractivity contribution in [1.29, 1.82) is 0 Å². The molecule has 2 nitrogen and oxygen atoms in total. The molecule has 0 aliphatic rings. The molecule has 2 rings (SSSR count). The fraction of sp³-hybridized carbons (Fsp3) is 0. The molecule has 2 aromatic rings. The smallest absolute Gasteiger partial charge is 0.175 e. The highest BCUT2D eigenvalue weighted by Gasteiger charge is 2.02. The summed E-state index contributed by atoms with van der Waals surface area (Å²) in [6.07, 6.45) is 0. The first-order valence-corrected chi connectivity index (χ1v) is 6.72. The van der Waals surface area contributed by atoms with E-state index in [2.05, 4.69) is 33.2 Å². The van der Waals surface area contributed by atoms with Gasteiger partial charge in [-0.25, -0.2) is 4.39 Å². The number of halogens is 2. The second kappa shape index (κ2) is 6.10. The van der Waals surface area contributed by atoms with Crippen LogP contribution in [-0.2, 0) is 0 Å². The predicted octanol–water partition coefficient (Wildman–Crippen LogP) is 4.24.